The molecule has 1 rings (SSSR count). The molecule has 1 heterocycles. The molecular formula is C12H20N2S2. The monoisotopic (exact) mass is 256 g/mol. The minimum absolute atomic E-state index is 0.356. The van der Waals surface area contributed by atoms with Crippen LogP contribution in [0.3, 0.4) is 0 Å². The van der Waals surface area contributed by atoms with E-state index in [1.165, 1.54) is 10.6 Å². The van der Waals surface area contributed by atoms with E-state index >= 15 is 0 Å². The fourth-order valence-electron chi connectivity index (χ4n) is 1.56. The Hall–Kier alpha value is -0.320. The van der Waals surface area contributed by atoms with Crippen LogP contribution in [0.15, 0.2) is 12.7 Å². The fourth-order valence-corrected chi connectivity index (χ4v) is 3.07. The number of thioether (sulfide) groups is 1. The number of aromatic nitrogens is 1. The van der Waals surface area contributed by atoms with Crippen molar-refractivity contribution < 1.29 is 0 Å². The Labute approximate surface area is 107 Å². The molecule has 0 radical (unpaired) electrons. The molecule has 0 aliphatic rings. The molecule has 1 aromatic rings. The number of hydrogen-bond donors (Lipinski definition) is 1. The third-order valence-electron chi connectivity index (χ3n) is 2.28. The van der Waals surface area contributed by atoms with Crippen molar-refractivity contribution in [1.29, 1.82) is 0 Å². The first-order valence-corrected chi connectivity index (χ1v) is 7.48. The molecule has 0 bridgehead atoms. The number of hydrogen-bond acceptors (Lipinski definition) is 4. The summed E-state index contributed by atoms with van der Waals surface area (Å²) in [5.74, 6) is 2.16. The van der Waals surface area contributed by atoms with Crippen LogP contribution in [-0.4, -0.2) is 23.0 Å². The van der Waals surface area contributed by atoms with Crippen molar-refractivity contribution in [1.82, 2.24) is 10.3 Å². The van der Waals surface area contributed by atoms with E-state index in [2.05, 4.69) is 37.7 Å². The van der Waals surface area contributed by atoms with Crippen molar-refractivity contribution in [3.8, 4) is 0 Å². The molecule has 4 heteroatoms. The zero-order valence-electron chi connectivity index (χ0n) is 10.2. The van der Waals surface area contributed by atoms with Crippen LogP contribution in [-0.2, 0) is 0 Å². The Morgan fingerprint density at radius 3 is 2.88 bits per heavy atom. The van der Waals surface area contributed by atoms with Gasteiger partial charge in [-0.1, -0.05) is 6.08 Å². The van der Waals surface area contributed by atoms with Gasteiger partial charge in [0.15, 0.2) is 0 Å². The van der Waals surface area contributed by atoms with E-state index in [1.807, 2.05) is 17.8 Å². The Bertz CT molecular complexity index is 334. The van der Waals surface area contributed by atoms with Gasteiger partial charge in [-0.25, -0.2) is 4.98 Å². The first kappa shape index (κ1) is 13.7. The summed E-state index contributed by atoms with van der Waals surface area (Å²) >= 11 is 3.68. The highest BCUT2D eigenvalue weighted by atomic mass is 32.2. The molecule has 2 nitrogen and oxygen atoms in total. The zero-order chi connectivity index (χ0) is 12.0. The lowest BCUT2D eigenvalue weighted by molar-refractivity contribution is 0.586. The van der Waals surface area contributed by atoms with Crippen molar-refractivity contribution in [3.05, 3.63) is 28.2 Å². The first-order chi connectivity index (χ1) is 7.65. The van der Waals surface area contributed by atoms with Gasteiger partial charge in [-0.05, 0) is 20.8 Å². The van der Waals surface area contributed by atoms with Crippen LogP contribution in [0.5, 0.6) is 0 Å². The quantitative estimate of drug-likeness (QED) is 0.598. The molecule has 0 aliphatic carbocycles. The van der Waals surface area contributed by atoms with Crippen LogP contribution < -0.4 is 5.32 Å². The molecule has 90 valence electrons. The van der Waals surface area contributed by atoms with Gasteiger partial charge in [0, 0.05) is 29.0 Å². The molecule has 1 N–H and O–H groups in total. The average Bonchev–Trinajstić information content (AvgIpc) is 2.57. The van der Waals surface area contributed by atoms with Crippen LogP contribution in [0.2, 0.25) is 0 Å². The molecule has 1 unspecified atom stereocenters. The van der Waals surface area contributed by atoms with Gasteiger partial charge in [-0.3, -0.25) is 0 Å². The van der Waals surface area contributed by atoms with E-state index in [4.69, 9.17) is 0 Å². The standard InChI is InChI=1S/C12H20N2S2/c1-5-7-15-8-6-13-9(2)12-10(3)16-11(4)14-12/h5,9,13H,1,6-8H2,2-4H3. The molecule has 0 saturated carbocycles. The average molecular weight is 256 g/mol. The summed E-state index contributed by atoms with van der Waals surface area (Å²) in [5, 5.41) is 4.66. The van der Waals surface area contributed by atoms with Crippen LogP contribution >= 0.6 is 23.1 Å². The second kappa shape index (κ2) is 7.09. The van der Waals surface area contributed by atoms with Crippen LogP contribution in [0.4, 0.5) is 0 Å². The molecule has 0 fully saturated rings. The summed E-state index contributed by atoms with van der Waals surface area (Å²) in [7, 11) is 0. The number of nitrogens with zero attached hydrogens (tertiary/aromatic N) is 1. The predicted molar refractivity (Wildman–Crippen MR) is 75.5 cm³/mol. The van der Waals surface area contributed by atoms with E-state index in [9.17, 15) is 0 Å². The summed E-state index contributed by atoms with van der Waals surface area (Å²) in [5.41, 5.74) is 1.20. The van der Waals surface area contributed by atoms with Gasteiger partial charge in [0.1, 0.15) is 0 Å². The van der Waals surface area contributed by atoms with E-state index < -0.39 is 0 Å². The minimum atomic E-state index is 0.356. The topological polar surface area (TPSA) is 24.9 Å². The predicted octanol–water partition coefficient (Wildman–Crippen LogP) is 3.33. The minimum Gasteiger partial charge on any atom is -0.308 e. The molecule has 1 atom stereocenters. The molecule has 0 saturated heterocycles. The Kier molecular flexibility index (Phi) is 6.09. The second-order valence-electron chi connectivity index (χ2n) is 3.71. The SMILES string of the molecule is C=CCSCCNC(C)c1nc(C)sc1C. The van der Waals surface area contributed by atoms with Crippen LogP contribution in [0.25, 0.3) is 0 Å². The van der Waals surface area contributed by atoms with E-state index in [0.717, 1.165) is 23.1 Å². The largest absolute Gasteiger partial charge is 0.308 e. The Morgan fingerprint density at radius 1 is 1.56 bits per heavy atom. The van der Waals surface area contributed by atoms with Crippen molar-refractivity contribution in [2.45, 2.75) is 26.8 Å². The number of nitrogens with one attached hydrogen (secondary N) is 1. The normalized spacial score (nSPS) is 12.7. The van der Waals surface area contributed by atoms with Crippen molar-refractivity contribution in [3.63, 3.8) is 0 Å². The molecule has 0 spiro atoms. The number of thiazole rings is 1. The summed E-state index contributed by atoms with van der Waals surface area (Å²) in [6.45, 7) is 11.1. The highest BCUT2D eigenvalue weighted by molar-refractivity contribution is 7.99. The van der Waals surface area contributed by atoms with Crippen molar-refractivity contribution in [2.75, 3.05) is 18.1 Å². The number of aryl methyl sites for hydroxylation is 2. The highest BCUT2D eigenvalue weighted by Gasteiger charge is 2.11. The van der Waals surface area contributed by atoms with Gasteiger partial charge >= 0.3 is 0 Å². The van der Waals surface area contributed by atoms with Gasteiger partial charge in [0.05, 0.1) is 10.7 Å². The summed E-state index contributed by atoms with van der Waals surface area (Å²) in [6.07, 6.45) is 1.95. The second-order valence-corrected chi connectivity index (χ2v) is 6.27. The maximum absolute atomic E-state index is 4.56. The zero-order valence-corrected chi connectivity index (χ0v) is 11.9. The van der Waals surface area contributed by atoms with Gasteiger partial charge in [0.2, 0.25) is 0 Å². The van der Waals surface area contributed by atoms with Crippen molar-refractivity contribution >= 4 is 23.1 Å². The molecule has 0 aliphatic heterocycles. The van der Waals surface area contributed by atoms with Gasteiger partial charge in [-0.15, -0.1) is 17.9 Å². The molecule has 0 amide bonds. The summed E-state index contributed by atoms with van der Waals surface area (Å²) in [4.78, 5) is 5.89. The summed E-state index contributed by atoms with van der Waals surface area (Å²) < 4.78 is 0. The third-order valence-corrected chi connectivity index (χ3v) is 4.15. The molecule has 0 aromatic carbocycles. The molecule has 16 heavy (non-hydrogen) atoms. The highest BCUT2D eigenvalue weighted by Crippen LogP contribution is 2.22. The van der Waals surface area contributed by atoms with Crippen LogP contribution in [0.1, 0.15) is 28.5 Å². The lowest BCUT2D eigenvalue weighted by atomic mass is 10.2. The maximum Gasteiger partial charge on any atom is 0.0900 e. The molecule has 1 aromatic heterocycles. The number of rotatable bonds is 7. The van der Waals surface area contributed by atoms with Gasteiger partial charge in [0.25, 0.3) is 0 Å². The van der Waals surface area contributed by atoms with Crippen LogP contribution in [0, 0.1) is 13.8 Å². The maximum atomic E-state index is 4.56. The molecular weight excluding hydrogens is 236 g/mol. The van der Waals surface area contributed by atoms with E-state index in [-0.39, 0.29) is 0 Å². The first-order valence-electron chi connectivity index (χ1n) is 5.51. The smallest absolute Gasteiger partial charge is 0.0900 e. The van der Waals surface area contributed by atoms with Gasteiger partial charge < -0.3 is 5.32 Å². The Morgan fingerprint density at radius 2 is 2.31 bits per heavy atom. The third kappa shape index (κ3) is 4.28. The van der Waals surface area contributed by atoms with E-state index in [0.29, 0.717) is 6.04 Å². The fraction of sp³-hybridized carbons (Fsp3) is 0.583. The van der Waals surface area contributed by atoms with Crippen molar-refractivity contribution in [2.24, 2.45) is 0 Å². The van der Waals surface area contributed by atoms with Gasteiger partial charge in [-0.2, -0.15) is 11.8 Å². The Balaban J connectivity index is 2.32. The lowest BCUT2D eigenvalue weighted by Gasteiger charge is -2.12. The van der Waals surface area contributed by atoms with E-state index in [1.54, 1.807) is 11.3 Å². The lowest BCUT2D eigenvalue weighted by Crippen LogP contribution is -2.22. The summed E-state index contributed by atoms with van der Waals surface area (Å²) in [6, 6.07) is 0.356.